The van der Waals surface area contributed by atoms with Crippen LogP contribution in [0.15, 0.2) is 70.8 Å². The molecule has 0 bridgehead atoms. The van der Waals surface area contributed by atoms with Crippen LogP contribution in [0.5, 0.6) is 5.75 Å². The first-order valence-corrected chi connectivity index (χ1v) is 11.5. The van der Waals surface area contributed by atoms with Gasteiger partial charge in [-0.2, -0.15) is 10.5 Å². The van der Waals surface area contributed by atoms with Crippen molar-refractivity contribution in [3.63, 3.8) is 0 Å². The molecule has 1 atom stereocenters. The Hall–Kier alpha value is -5.06. The van der Waals surface area contributed by atoms with E-state index < -0.39 is 17.4 Å². The number of allylic oxidation sites excluding steroid dienone is 1. The van der Waals surface area contributed by atoms with Gasteiger partial charge in [0, 0.05) is 5.69 Å². The van der Waals surface area contributed by atoms with Gasteiger partial charge >= 0.3 is 5.97 Å². The number of hydrogen-bond donors (Lipinski definition) is 3. The molecule has 3 heterocycles. The van der Waals surface area contributed by atoms with Gasteiger partial charge in [0.1, 0.15) is 28.3 Å². The number of thiophene rings is 1. The Morgan fingerprint density at radius 3 is 2.50 bits per heavy atom. The molecule has 0 aliphatic carbocycles. The molecule has 0 saturated carbocycles. The molecular weight excluding hydrogens is 478 g/mol. The average molecular weight is 496 g/mol. The van der Waals surface area contributed by atoms with E-state index in [4.69, 9.17) is 15.2 Å². The number of rotatable bonds is 4. The molecule has 2 aromatic heterocycles. The molecule has 1 aliphatic heterocycles. The molecule has 5 rings (SSSR count). The van der Waals surface area contributed by atoms with Crippen molar-refractivity contribution in [2.75, 3.05) is 12.4 Å². The number of carbonyl (C=O) groups excluding carboxylic acids is 1. The van der Waals surface area contributed by atoms with E-state index in [9.17, 15) is 20.1 Å². The van der Waals surface area contributed by atoms with Crippen LogP contribution in [-0.4, -0.2) is 18.1 Å². The van der Waals surface area contributed by atoms with Crippen LogP contribution in [0.3, 0.4) is 0 Å². The van der Waals surface area contributed by atoms with E-state index in [1.54, 1.807) is 24.3 Å². The highest BCUT2D eigenvalue weighted by atomic mass is 32.1. The summed E-state index contributed by atoms with van der Waals surface area (Å²) in [7, 11) is 1.28. The maximum atomic E-state index is 13.4. The van der Waals surface area contributed by atoms with E-state index in [0.717, 1.165) is 5.69 Å². The zero-order valence-electron chi connectivity index (χ0n) is 18.8. The van der Waals surface area contributed by atoms with E-state index in [1.807, 2.05) is 30.3 Å². The first-order valence-electron chi connectivity index (χ1n) is 10.7. The van der Waals surface area contributed by atoms with Crippen molar-refractivity contribution in [3.8, 4) is 17.9 Å². The van der Waals surface area contributed by atoms with E-state index in [-0.39, 0.29) is 28.3 Å². The number of ether oxygens (including phenoxy) is 2. The Morgan fingerprint density at radius 1 is 1.14 bits per heavy atom. The third-order valence-electron chi connectivity index (χ3n) is 5.83. The lowest BCUT2D eigenvalue weighted by Crippen LogP contribution is -2.27. The Bertz CT molecular complexity index is 1690. The highest BCUT2D eigenvalue weighted by Gasteiger charge is 2.36. The third kappa shape index (κ3) is 3.63. The number of nitrogens with one attached hydrogen (secondary N) is 2. The topological polar surface area (TPSA) is 154 Å². The number of nitrogens with two attached hydrogens (primary N) is 1. The Labute approximate surface area is 208 Å². The van der Waals surface area contributed by atoms with Gasteiger partial charge in [0.2, 0.25) is 5.88 Å². The van der Waals surface area contributed by atoms with Crippen molar-refractivity contribution in [2.45, 2.75) is 5.92 Å². The van der Waals surface area contributed by atoms with Crippen molar-refractivity contribution < 1.29 is 14.3 Å². The number of methoxy groups -OCH3 is 1. The molecule has 36 heavy (non-hydrogen) atoms. The van der Waals surface area contributed by atoms with Crippen LogP contribution >= 0.6 is 11.3 Å². The maximum Gasteiger partial charge on any atom is 0.337 e. The number of aromatic amines is 1. The van der Waals surface area contributed by atoms with Crippen molar-refractivity contribution in [1.29, 1.82) is 10.5 Å². The van der Waals surface area contributed by atoms with Gasteiger partial charge in [0.05, 0.1) is 34.4 Å². The van der Waals surface area contributed by atoms with E-state index in [0.29, 0.717) is 26.3 Å². The van der Waals surface area contributed by atoms with Crippen LogP contribution in [0.4, 0.5) is 10.7 Å². The number of nitriles is 2. The molecular formula is C26H17N5O4S. The van der Waals surface area contributed by atoms with Gasteiger partial charge < -0.3 is 25.5 Å². The van der Waals surface area contributed by atoms with Gasteiger partial charge in [0.25, 0.3) is 5.56 Å². The van der Waals surface area contributed by atoms with Crippen LogP contribution in [0, 0.1) is 22.7 Å². The Balaban J connectivity index is 1.71. The summed E-state index contributed by atoms with van der Waals surface area (Å²) in [6.07, 6.45) is 0. The minimum atomic E-state index is -0.836. The summed E-state index contributed by atoms with van der Waals surface area (Å²) in [6.45, 7) is 0. The number of para-hydroxylation sites is 1. The van der Waals surface area contributed by atoms with Crippen molar-refractivity contribution in [1.82, 2.24) is 4.98 Å². The Morgan fingerprint density at radius 2 is 1.86 bits per heavy atom. The second kappa shape index (κ2) is 8.95. The second-order valence-corrected chi connectivity index (χ2v) is 8.87. The fourth-order valence-corrected chi connectivity index (χ4v) is 5.28. The van der Waals surface area contributed by atoms with Gasteiger partial charge in [-0.1, -0.05) is 30.3 Å². The molecule has 10 heteroatoms. The molecule has 4 aromatic rings. The summed E-state index contributed by atoms with van der Waals surface area (Å²) >= 11 is 1.23. The number of nitrogens with zero attached hydrogens (tertiary/aromatic N) is 2. The molecule has 0 saturated heterocycles. The molecule has 0 fully saturated rings. The van der Waals surface area contributed by atoms with Crippen LogP contribution in [0.2, 0.25) is 0 Å². The first kappa shape index (κ1) is 22.7. The van der Waals surface area contributed by atoms with Crippen LogP contribution in [0.25, 0.3) is 10.2 Å². The van der Waals surface area contributed by atoms with E-state index >= 15 is 0 Å². The number of carbonyl (C=O) groups is 1. The molecule has 0 amide bonds. The lowest BCUT2D eigenvalue weighted by molar-refractivity contribution is 0.0600. The maximum absolute atomic E-state index is 13.4. The van der Waals surface area contributed by atoms with Gasteiger partial charge in [-0.05, 0) is 29.8 Å². The smallest absolute Gasteiger partial charge is 0.337 e. The quantitative estimate of drug-likeness (QED) is 0.356. The minimum Gasteiger partial charge on any atom is -0.465 e. The summed E-state index contributed by atoms with van der Waals surface area (Å²) < 4.78 is 11.1. The normalized spacial score (nSPS) is 14.4. The molecule has 4 N–H and O–H groups in total. The highest BCUT2D eigenvalue weighted by molar-refractivity contribution is 7.23. The van der Waals surface area contributed by atoms with Gasteiger partial charge in [-0.25, -0.2) is 4.79 Å². The largest absolute Gasteiger partial charge is 0.465 e. The van der Waals surface area contributed by atoms with Gasteiger partial charge in [0.15, 0.2) is 5.75 Å². The number of aromatic nitrogens is 1. The number of H-pyrrole nitrogens is 1. The molecule has 9 nitrogen and oxygen atoms in total. The van der Waals surface area contributed by atoms with Gasteiger partial charge in [-0.3, -0.25) is 4.79 Å². The second-order valence-electron chi connectivity index (χ2n) is 7.85. The molecule has 0 radical (unpaired) electrons. The molecule has 176 valence electrons. The summed E-state index contributed by atoms with van der Waals surface area (Å²) in [5.41, 5.74) is 8.13. The Kier molecular flexibility index (Phi) is 5.65. The number of pyridine rings is 1. The first-order chi connectivity index (χ1) is 17.5. The standard InChI is InChI=1S/C26H17N5O4S/c1-34-26(33)14-9-7-13(8-10-14)18-16(11-27)23(29)35-21-19(18)24(32)31-20-17(12-28)25(36-22(20)21)30-15-5-3-2-4-6-15/h2-10,18,30H,29H2,1H3,(H,31,32). The lowest BCUT2D eigenvalue weighted by atomic mass is 9.84. The SMILES string of the molecule is COC(=O)c1ccc(C2C(C#N)=C(N)Oc3c2c(=O)[nH]c2c(C#N)c(Nc4ccccc4)sc32)cc1. The zero-order chi connectivity index (χ0) is 25.4. The van der Waals surface area contributed by atoms with E-state index in [1.165, 1.54) is 18.4 Å². The third-order valence-corrected chi connectivity index (χ3v) is 6.93. The van der Waals surface area contributed by atoms with Crippen molar-refractivity contribution in [2.24, 2.45) is 5.73 Å². The highest BCUT2D eigenvalue weighted by Crippen LogP contribution is 2.47. The molecule has 1 unspecified atom stereocenters. The number of benzene rings is 2. The summed E-state index contributed by atoms with van der Waals surface area (Å²) in [6, 6.07) is 19.9. The van der Waals surface area contributed by atoms with Crippen LogP contribution in [0.1, 0.15) is 33.0 Å². The zero-order valence-corrected chi connectivity index (χ0v) is 19.6. The fraction of sp³-hybridized carbons (Fsp3) is 0.0769. The van der Waals surface area contributed by atoms with Crippen molar-refractivity contribution in [3.05, 3.63) is 98.7 Å². The fourth-order valence-electron chi connectivity index (χ4n) is 4.16. The summed E-state index contributed by atoms with van der Waals surface area (Å²) in [5, 5.41) is 23.5. The van der Waals surface area contributed by atoms with Gasteiger partial charge in [-0.15, -0.1) is 11.3 Å². The molecule has 2 aromatic carbocycles. The van der Waals surface area contributed by atoms with Crippen LogP contribution in [-0.2, 0) is 4.74 Å². The summed E-state index contributed by atoms with van der Waals surface area (Å²) in [5.74, 6) is -1.29. The number of fused-ring (bicyclic) bond motifs is 3. The van der Waals surface area contributed by atoms with Crippen molar-refractivity contribution >= 4 is 38.2 Å². The lowest BCUT2D eigenvalue weighted by Gasteiger charge is -2.26. The predicted molar refractivity (Wildman–Crippen MR) is 134 cm³/mol. The number of esters is 1. The van der Waals surface area contributed by atoms with Crippen LogP contribution < -0.4 is 21.3 Å². The summed E-state index contributed by atoms with van der Waals surface area (Å²) in [4.78, 5) is 28.0. The number of anilines is 2. The average Bonchev–Trinajstić information content (AvgIpc) is 3.24. The van der Waals surface area contributed by atoms with E-state index in [2.05, 4.69) is 22.4 Å². The number of hydrogen-bond acceptors (Lipinski definition) is 9. The predicted octanol–water partition coefficient (Wildman–Crippen LogP) is 4.21. The minimum absolute atomic E-state index is 0.0675. The molecule has 0 spiro atoms. The monoisotopic (exact) mass is 495 g/mol. The molecule has 1 aliphatic rings.